The van der Waals surface area contributed by atoms with Gasteiger partial charge in [-0.2, -0.15) is 0 Å². The molecule has 1 N–H and O–H groups in total. The van der Waals surface area contributed by atoms with Gasteiger partial charge in [0.15, 0.2) is 0 Å². The average molecular weight is 360 g/mol. The van der Waals surface area contributed by atoms with Crippen LogP contribution in [0.2, 0.25) is 5.02 Å². The largest absolute Gasteiger partial charge is 0.319 e. The zero-order valence-corrected chi connectivity index (χ0v) is 14.6. The Morgan fingerprint density at radius 2 is 1.88 bits per heavy atom. The van der Waals surface area contributed by atoms with Gasteiger partial charge >= 0.3 is 0 Å². The van der Waals surface area contributed by atoms with Crippen molar-refractivity contribution < 1.29 is 9.18 Å². The normalized spacial score (nSPS) is 10.8. The lowest BCUT2D eigenvalue weighted by Gasteiger charge is -2.09. The van der Waals surface area contributed by atoms with Crippen LogP contribution in [0.3, 0.4) is 0 Å². The number of nitrogens with zero attached hydrogens (tertiary/aromatic N) is 4. The quantitative estimate of drug-likeness (QED) is 0.775. The van der Waals surface area contributed by atoms with E-state index in [0.717, 1.165) is 23.3 Å². The molecule has 128 valence electrons. The van der Waals surface area contributed by atoms with Crippen LogP contribution < -0.4 is 5.32 Å². The van der Waals surface area contributed by atoms with Crippen molar-refractivity contribution in [2.24, 2.45) is 0 Å². The highest BCUT2D eigenvalue weighted by atomic mass is 35.5. The number of benzene rings is 1. The number of aryl methyl sites for hydroxylation is 2. The van der Waals surface area contributed by atoms with Gasteiger partial charge < -0.3 is 5.32 Å². The Kier molecular flexibility index (Phi) is 4.50. The van der Waals surface area contributed by atoms with Crippen LogP contribution in [0.4, 0.5) is 10.1 Å². The van der Waals surface area contributed by atoms with Crippen molar-refractivity contribution in [1.29, 1.82) is 0 Å². The number of hydrogen-bond donors (Lipinski definition) is 1. The van der Waals surface area contributed by atoms with Gasteiger partial charge in [0.25, 0.3) is 5.91 Å². The molecule has 0 aliphatic carbocycles. The first-order chi connectivity index (χ1) is 11.9. The molecule has 0 aliphatic heterocycles. The summed E-state index contributed by atoms with van der Waals surface area (Å²) in [5.74, 6) is 0.279. The number of nitrogens with one attached hydrogen (secondary N) is 1. The smallest absolute Gasteiger partial charge is 0.257 e. The van der Waals surface area contributed by atoms with Crippen molar-refractivity contribution in [2.75, 3.05) is 5.32 Å². The molecule has 3 aromatic rings. The van der Waals surface area contributed by atoms with Crippen molar-refractivity contribution in [3.05, 3.63) is 64.2 Å². The van der Waals surface area contributed by atoms with Gasteiger partial charge in [-0.25, -0.2) is 19.3 Å². The number of anilines is 1. The van der Waals surface area contributed by atoms with Crippen molar-refractivity contribution in [2.45, 2.75) is 20.8 Å². The molecule has 6 nitrogen and oxygen atoms in total. The zero-order chi connectivity index (χ0) is 18.1. The van der Waals surface area contributed by atoms with Gasteiger partial charge in [0.05, 0.1) is 34.4 Å². The van der Waals surface area contributed by atoms with Gasteiger partial charge in [0.2, 0.25) is 5.95 Å². The number of aromatic nitrogens is 4. The third-order valence-corrected chi connectivity index (χ3v) is 4.10. The minimum atomic E-state index is -0.504. The molecule has 0 radical (unpaired) electrons. The summed E-state index contributed by atoms with van der Waals surface area (Å²) in [5, 5.41) is 2.67. The molecule has 0 fully saturated rings. The zero-order valence-electron chi connectivity index (χ0n) is 13.8. The van der Waals surface area contributed by atoms with E-state index in [-0.39, 0.29) is 10.6 Å². The summed E-state index contributed by atoms with van der Waals surface area (Å²) in [5.41, 5.74) is 2.43. The summed E-state index contributed by atoms with van der Waals surface area (Å²) in [6.07, 6.45) is 2.98. The second-order valence-corrected chi connectivity index (χ2v) is 5.92. The van der Waals surface area contributed by atoms with Crippen molar-refractivity contribution in [1.82, 2.24) is 19.5 Å². The molecule has 2 aromatic heterocycles. The molecule has 8 heteroatoms. The van der Waals surface area contributed by atoms with E-state index in [1.54, 1.807) is 0 Å². The van der Waals surface area contributed by atoms with Crippen LogP contribution in [0.15, 0.2) is 30.6 Å². The van der Waals surface area contributed by atoms with E-state index in [1.165, 1.54) is 24.5 Å². The van der Waals surface area contributed by atoms with Crippen LogP contribution in [-0.4, -0.2) is 25.4 Å². The first kappa shape index (κ1) is 17.0. The van der Waals surface area contributed by atoms with Gasteiger partial charge in [0, 0.05) is 5.69 Å². The topological polar surface area (TPSA) is 72.7 Å². The highest BCUT2D eigenvalue weighted by molar-refractivity contribution is 6.34. The molecule has 0 spiro atoms. The lowest BCUT2D eigenvalue weighted by Crippen LogP contribution is -2.14. The molecule has 25 heavy (non-hydrogen) atoms. The van der Waals surface area contributed by atoms with E-state index < -0.39 is 11.7 Å². The molecule has 1 amide bonds. The Bertz CT molecular complexity index is 952. The van der Waals surface area contributed by atoms with Crippen molar-refractivity contribution in [3.8, 4) is 5.95 Å². The van der Waals surface area contributed by atoms with Crippen LogP contribution in [0.1, 0.15) is 27.6 Å². The summed E-state index contributed by atoms with van der Waals surface area (Å²) in [4.78, 5) is 25.1. The van der Waals surface area contributed by atoms with E-state index in [4.69, 9.17) is 11.6 Å². The van der Waals surface area contributed by atoms with Crippen LogP contribution in [0.5, 0.6) is 0 Å². The monoisotopic (exact) mass is 359 g/mol. The predicted octanol–water partition coefficient (Wildman–Crippen LogP) is 3.63. The van der Waals surface area contributed by atoms with Gasteiger partial charge in [0.1, 0.15) is 11.6 Å². The first-order valence-electron chi connectivity index (χ1n) is 7.48. The molecule has 0 atom stereocenters. The summed E-state index contributed by atoms with van der Waals surface area (Å²) in [6, 6.07) is 3.58. The maximum Gasteiger partial charge on any atom is 0.257 e. The molecule has 3 rings (SSSR count). The predicted molar refractivity (Wildman–Crippen MR) is 92.7 cm³/mol. The Morgan fingerprint density at radius 3 is 2.44 bits per heavy atom. The Labute approximate surface area is 148 Å². The standard InChI is InChI=1S/C17H15ClFN5O/c1-9-10(2)24(11(3)22-9)17-20-7-13(8-21-17)23-16(25)14-5-4-12(19)6-15(14)18/h4-8H,1-3H3,(H,23,25). The Hall–Kier alpha value is -2.80. The average Bonchev–Trinajstić information content (AvgIpc) is 2.81. The Morgan fingerprint density at radius 1 is 1.20 bits per heavy atom. The number of hydrogen-bond acceptors (Lipinski definition) is 4. The van der Waals surface area contributed by atoms with Crippen LogP contribution in [-0.2, 0) is 0 Å². The van der Waals surface area contributed by atoms with Gasteiger partial charge in [-0.3, -0.25) is 9.36 Å². The first-order valence-corrected chi connectivity index (χ1v) is 7.86. The number of amides is 1. The Balaban J connectivity index is 1.82. The molecule has 2 heterocycles. The highest BCUT2D eigenvalue weighted by Crippen LogP contribution is 2.19. The lowest BCUT2D eigenvalue weighted by atomic mass is 10.2. The van der Waals surface area contributed by atoms with Crippen molar-refractivity contribution >= 4 is 23.2 Å². The molecule has 0 bridgehead atoms. The fourth-order valence-corrected chi connectivity index (χ4v) is 2.70. The number of imidazole rings is 1. The fourth-order valence-electron chi connectivity index (χ4n) is 2.45. The van der Waals surface area contributed by atoms with E-state index >= 15 is 0 Å². The van der Waals surface area contributed by atoms with E-state index in [9.17, 15) is 9.18 Å². The van der Waals surface area contributed by atoms with Gasteiger partial charge in [-0.05, 0) is 39.0 Å². The number of rotatable bonds is 3. The van der Waals surface area contributed by atoms with E-state index in [0.29, 0.717) is 11.6 Å². The van der Waals surface area contributed by atoms with Crippen LogP contribution in [0, 0.1) is 26.6 Å². The molecule has 0 saturated heterocycles. The third-order valence-electron chi connectivity index (χ3n) is 3.78. The molecule has 0 saturated carbocycles. The second kappa shape index (κ2) is 6.60. The lowest BCUT2D eigenvalue weighted by molar-refractivity contribution is 0.102. The summed E-state index contributed by atoms with van der Waals surface area (Å²) in [6.45, 7) is 5.72. The molecular formula is C17H15ClFN5O. The molecular weight excluding hydrogens is 345 g/mol. The third kappa shape index (κ3) is 3.36. The van der Waals surface area contributed by atoms with Gasteiger partial charge in [-0.15, -0.1) is 0 Å². The molecule has 0 unspecified atom stereocenters. The number of halogens is 2. The summed E-state index contributed by atoms with van der Waals surface area (Å²) < 4.78 is 14.9. The van der Waals surface area contributed by atoms with E-state index in [1.807, 2.05) is 25.3 Å². The summed E-state index contributed by atoms with van der Waals surface area (Å²) >= 11 is 5.89. The molecule has 0 aliphatic rings. The summed E-state index contributed by atoms with van der Waals surface area (Å²) in [7, 11) is 0. The maximum absolute atomic E-state index is 13.1. The number of carbonyl (C=O) groups is 1. The van der Waals surface area contributed by atoms with Crippen LogP contribution in [0.25, 0.3) is 5.95 Å². The number of carbonyl (C=O) groups excluding carboxylic acids is 1. The molecule has 1 aromatic carbocycles. The maximum atomic E-state index is 13.1. The minimum Gasteiger partial charge on any atom is -0.319 e. The highest BCUT2D eigenvalue weighted by Gasteiger charge is 2.14. The van der Waals surface area contributed by atoms with E-state index in [2.05, 4.69) is 20.3 Å². The van der Waals surface area contributed by atoms with Crippen molar-refractivity contribution in [3.63, 3.8) is 0 Å². The van der Waals surface area contributed by atoms with Crippen LogP contribution >= 0.6 is 11.6 Å². The minimum absolute atomic E-state index is 0.0372. The fraction of sp³-hybridized carbons (Fsp3) is 0.176. The SMILES string of the molecule is Cc1nc(C)n(-c2ncc(NC(=O)c3ccc(F)cc3Cl)cn2)c1C. The second-order valence-electron chi connectivity index (χ2n) is 5.52. The van der Waals surface area contributed by atoms with Gasteiger partial charge in [-0.1, -0.05) is 11.6 Å².